The van der Waals surface area contributed by atoms with Gasteiger partial charge in [0.05, 0.1) is 11.3 Å². The molecule has 1 aliphatic heterocycles. The lowest BCUT2D eigenvalue weighted by molar-refractivity contribution is 0.0326. The van der Waals surface area contributed by atoms with Crippen molar-refractivity contribution in [2.24, 2.45) is 5.41 Å². The molecule has 2 aliphatic rings. The number of benzene rings is 2. The molecule has 6 nitrogen and oxygen atoms in total. The molecule has 0 unspecified atom stereocenters. The summed E-state index contributed by atoms with van der Waals surface area (Å²) in [5, 5.41) is 12.4. The van der Waals surface area contributed by atoms with Crippen molar-refractivity contribution in [3.05, 3.63) is 78.2 Å². The van der Waals surface area contributed by atoms with Crippen molar-refractivity contribution in [3.8, 4) is 11.5 Å². The molecule has 2 aromatic carbocycles. The Morgan fingerprint density at radius 3 is 2.44 bits per heavy atom. The van der Waals surface area contributed by atoms with E-state index in [-0.39, 0.29) is 0 Å². The van der Waals surface area contributed by atoms with E-state index >= 15 is 0 Å². The quantitative estimate of drug-likeness (QED) is 0.543. The number of nitrogens with one attached hydrogen (secondary N) is 2. The average Bonchev–Trinajstić information content (AvgIpc) is 2.81. The van der Waals surface area contributed by atoms with Crippen molar-refractivity contribution < 1.29 is 4.74 Å². The van der Waals surface area contributed by atoms with Gasteiger partial charge < -0.3 is 15.0 Å². The van der Waals surface area contributed by atoms with Gasteiger partial charge in [0, 0.05) is 17.8 Å². The van der Waals surface area contributed by atoms with Crippen LogP contribution in [0.3, 0.4) is 0 Å². The van der Waals surface area contributed by atoms with Crippen molar-refractivity contribution in [3.63, 3.8) is 0 Å². The number of rotatable bonds is 6. The highest BCUT2D eigenvalue weighted by Gasteiger charge is 2.45. The van der Waals surface area contributed by atoms with Crippen LogP contribution in [0.4, 0.5) is 5.82 Å². The van der Waals surface area contributed by atoms with E-state index in [1.165, 1.54) is 38.8 Å². The zero-order valence-corrected chi connectivity index (χ0v) is 18.4. The van der Waals surface area contributed by atoms with Gasteiger partial charge in [-0.05, 0) is 87.6 Å². The lowest BCUT2D eigenvalue weighted by Gasteiger charge is -2.52. The Kier molecular flexibility index (Phi) is 5.62. The lowest BCUT2D eigenvalue weighted by Crippen LogP contribution is -2.51. The zero-order chi connectivity index (χ0) is 22.0. The highest BCUT2D eigenvalue weighted by molar-refractivity contribution is 6.13. The van der Waals surface area contributed by atoms with Gasteiger partial charge in [0.1, 0.15) is 23.6 Å². The van der Waals surface area contributed by atoms with Crippen molar-refractivity contribution >= 4 is 11.5 Å². The molecule has 1 saturated carbocycles. The van der Waals surface area contributed by atoms with E-state index in [2.05, 4.69) is 27.2 Å². The number of aromatic nitrogens is 2. The van der Waals surface area contributed by atoms with Crippen LogP contribution in [0.25, 0.3) is 0 Å². The number of hydrogen-bond donors (Lipinski definition) is 2. The Labute approximate surface area is 189 Å². The van der Waals surface area contributed by atoms with Gasteiger partial charge in [-0.3, -0.25) is 5.41 Å². The van der Waals surface area contributed by atoms with Gasteiger partial charge in [-0.2, -0.15) is 0 Å². The molecule has 0 bridgehead atoms. The van der Waals surface area contributed by atoms with Crippen molar-refractivity contribution in [1.29, 1.82) is 5.41 Å². The molecule has 1 saturated heterocycles. The molecule has 2 heterocycles. The monoisotopic (exact) mass is 427 g/mol. The van der Waals surface area contributed by atoms with E-state index in [9.17, 15) is 0 Å². The van der Waals surface area contributed by atoms with E-state index in [1.807, 2.05) is 54.6 Å². The summed E-state index contributed by atoms with van der Waals surface area (Å²) < 4.78 is 5.87. The summed E-state index contributed by atoms with van der Waals surface area (Å²) in [6, 6.07) is 17.7. The van der Waals surface area contributed by atoms with Crippen LogP contribution in [0, 0.1) is 10.8 Å². The summed E-state index contributed by atoms with van der Waals surface area (Å²) in [6.45, 7) is 2.39. The molecule has 2 N–H and O–H groups in total. The SMILES string of the molecule is CN1CCC2(CC1)CC(Nc1ncncc1C(=N)c1ccc(Oc3ccccc3)cc1)C2. The Hall–Kier alpha value is -3.25. The topological polar surface area (TPSA) is 74.1 Å². The Morgan fingerprint density at radius 2 is 1.72 bits per heavy atom. The maximum absolute atomic E-state index is 8.77. The minimum Gasteiger partial charge on any atom is -0.457 e. The van der Waals surface area contributed by atoms with E-state index < -0.39 is 0 Å². The second-order valence-electron chi connectivity index (χ2n) is 9.15. The molecule has 0 radical (unpaired) electrons. The first-order valence-corrected chi connectivity index (χ1v) is 11.3. The maximum Gasteiger partial charge on any atom is 0.139 e. The fraction of sp³-hybridized carbons (Fsp3) is 0.346. The smallest absolute Gasteiger partial charge is 0.139 e. The van der Waals surface area contributed by atoms with Gasteiger partial charge in [0.25, 0.3) is 0 Å². The second kappa shape index (κ2) is 8.71. The van der Waals surface area contributed by atoms with Crippen LogP contribution < -0.4 is 10.1 Å². The molecule has 0 amide bonds. The standard InChI is InChI=1S/C26H29N5O/c1-31-13-11-26(12-14-31)15-20(16-26)30-25-23(17-28-18-29-25)24(27)19-7-9-22(10-8-19)32-21-5-3-2-4-6-21/h2-10,17-18,20,27H,11-16H2,1H3,(H,28,29,30). The molecule has 32 heavy (non-hydrogen) atoms. The van der Waals surface area contributed by atoms with Gasteiger partial charge in [0.15, 0.2) is 0 Å². The first kappa shape index (κ1) is 20.6. The molecule has 164 valence electrons. The molecule has 5 rings (SSSR count). The summed E-state index contributed by atoms with van der Waals surface area (Å²) in [6.07, 6.45) is 8.22. The molecule has 1 aliphatic carbocycles. The number of likely N-dealkylation sites (tertiary alicyclic amines) is 1. The van der Waals surface area contributed by atoms with Gasteiger partial charge in [0.2, 0.25) is 0 Å². The molecule has 0 atom stereocenters. The molecular weight excluding hydrogens is 398 g/mol. The van der Waals surface area contributed by atoms with Crippen LogP contribution in [-0.2, 0) is 0 Å². The minimum absolute atomic E-state index is 0.410. The third-order valence-electron chi connectivity index (χ3n) is 6.85. The van der Waals surface area contributed by atoms with Gasteiger partial charge >= 0.3 is 0 Å². The van der Waals surface area contributed by atoms with E-state index in [0.717, 1.165) is 28.4 Å². The number of anilines is 1. The summed E-state index contributed by atoms with van der Waals surface area (Å²) in [5.41, 5.74) is 2.45. The van der Waals surface area contributed by atoms with Crippen LogP contribution >= 0.6 is 0 Å². The predicted octanol–water partition coefficient (Wildman–Crippen LogP) is 4.97. The van der Waals surface area contributed by atoms with Crippen LogP contribution in [0.15, 0.2) is 67.1 Å². The fourth-order valence-corrected chi connectivity index (χ4v) is 4.88. The average molecular weight is 428 g/mol. The van der Waals surface area contributed by atoms with Crippen molar-refractivity contribution in [1.82, 2.24) is 14.9 Å². The molecule has 2 fully saturated rings. The third kappa shape index (κ3) is 4.36. The van der Waals surface area contributed by atoms with Gasteiger partial charge in [-0.25, -0.2) is 9.97 Å². The Bertz CT molecular complexity index is 1070. The van der Waals surface area contributed by atoms with E-state index in [0.29, 0.717) is 17.2 Å². The highest BCUT2D eigenvalue weighted by Crippen LogP contribution is 2.49. The fourth-order valence-electron chi connectivity index (χ4n) is 4.88. The largest absolute Gasteiger partial charge is 0.457 e. The zero-order valence-electron chi connectivity index (χ0n) is 18.4. The van der Waals surface area contributed by atoms with Crippen molar-refractivity contribution in [2.45, 2.75) is 31.7 Å². The van der Waals surface area contributed by atoms with Crippen LogP contribution in [0.1, 0.15) is 36.8 Å². The van der Waals surface area contributed by atoms with Gasteiger partial charge in [-0.1, -0.05) is 18.2 Å². The number of nitrogens with zero attached hydrogens (tertiary/aromatic N) is 3. The van der Waals surface area contributed by atoms with Crippen LogP contribution in [0.2, 0.25) is 0 Å². The van der Waals surface area contributed by atoms with Crippen LogP contribution in [0.5, 0.6) is 11.5 Å². The maximum atomic E-state index is 8.77. The predicted molar refractivity (Wildman–Crippen MR) is 127 cm³/mol. The molecular formula is C26H29N5O. The first-order valence-electron chi connectivity index (χ1n) is 11.3. The van der Waals surface area contributed by atoms with Crippen LogP contribution in [-0.4, -0.2) is 46.8 Å². The normalized spacial score (nSPS) is 18.2. The third-order valence-corrected chi connectivity index (χ3v) is 6.85. The Balaban J connectivity index is 1.25. The summed E-state index contributed by atoms with van der Waals surface area (Å²) in [4.78, 5) is 11.1. The van der Waals surface area contributed by atoms with E-state index in [1.54, 1.807) is 12.5 Å². The Morgan fingerprint density at radius 1 is 1.03 bits per heavy atom. The summed E-state index contributed by atoms with van der Waals surface area (Å²) >= 11 is 0. The van der Waals surface area contributed by atoms with E-state index in [4.69, 9.17) is 10.1 Å². The van der Waals surface area contributed by atoms with Crippen molar-refractivity contribution in [2.75, 3.05) is 25.5 Å². The highest BCUT2D eigenvalue weighted by atomic mass is 16.5. The first-order chi connectivity index (χ1) is 15.6. The number of hydrogen-bond acceptors (Lipinski definition) is 6. The molecule has 3 aromatic rings. The minimum atomic E-state index is 0.410. The lowest BCUT2D eigenvalue weighted by atomic mass is 9.60. The summed E-state index contributed by atoms with van der Waals surface area (Å²) in [5.74, 6) is 2.29. The summed E-state index contributed by atoms with van der Waals surface area (Å²) in [7, 11) is 2.21. The number of piperidine rings is 1. The second-order valence-corrected chi connectivity index (χ2v) is 9.15. The molecule has 6 heteroatoms. The van der Waals surface area contributed by atoms with Gasteiger partial charge in [-0.15, -0.1) is 0 Å². The molecule has 1 spiro atoms. The number of ether oxygens (including phenoxy) is 1. The number of para-hydroxylation sites is 1. The molecule has 1 aromatic heterocycles.